The normalized spacial score (nSPS) is 20.6. The van der Waals surface area contributed by atoms with Crippen molar-refractivity contribution in [2.45, 2.75) is 44.4 Å². The Morgan fingerprint density at radius 1 is 1.23 bits per heavy atom. The van der Waals surface area contributed by atoms with Gasteiger partial charge in [0, 0.05) is 32.1 Å². The number of halogens is 3. The lowest BCUT2D eigenvalue weighted by atomic mass is 9.99. The lowest BCUT2D eigenvalue weighted by Crippen LogP contribution is -2.38. The molecule has 1 aromatic carbocycles. The summed E-state index contributed by atoms with van der Waals surface area (Å²) in [4.78, 5) is 16.4. The summed E-state index contributed by atoms with van der Waals surface area (Å²) >= 11 is 0. The van der Waals surface area contributed by atoms with E-state index in [0.29, 0.717) is 25.1 Å². The number of nitrogens with zero attached hydrogens (tertiary/aromatic N) is 2. The van der Waals surface area contributed by atoms with Crippen molar-refractivity contribution in [3.63, 3.8) is 0 Å². The Kier molecular flexibility index (Phi) is 7.06. The lowest BCUT2D eigenvalue weighted by Gasteiger charge is -2.27. The molecule has 1 amide bonds. The van der Waals surface area contributed by atoms with Crippen LogP contribution < -0.4 is 5.73 Å². The Hall–Kier alpha value is -1.60. The predicted octanol–water partition coefficient (Wildman–Crippen LogP) is 3.11. The molecule has 2 rings (SSSR count). The van der Waals surface area contributed by atoms with E-state index in [1.54, 1.807) is 11.0 Å². The van der Waals surface area contributed by atoms with Gasteiger partial charge < -0.3 is 15.5 Å². The van der Waals surface area contributed by atoms with E-state index in [-0.39, 0.29) is 24.4 Å². The fraction of sp³-hybridized carbons (Fsp3) is 0.632. The number of nitrogens with two attached hydrogens (primary N) is 1. The third-order valence-electron chi connectivity index (χ3n) is 4.95. The molecule has 26 heavy (non-hydrogen) atoms. The minimum absolute atomic E-state index is 0.0355. The van der Waals surface area contributed by atoms with E-state index in [1.165, 1.54) is 6.07 Å². The number of alkyl halides is 3. The van der Waals surface area contributed by atoms with Crippen LogP contribution in [0.5, 0.6) is 0 Å². The van der Waals surface area contributed by atoms with Gasteiger partial charge in [0.25, 0.3) is 0 Å². The van der Waals surface area contributed by atoms with Crippen molar-refractivity contribution in [1.82, 2.24) is 9.80 Å². The molecule has 0 aromatic heterocycles. The quantitative estimate of drug-likeness (QED) is 0.801. The number of benzene rings is 1. The minimum Gasteiger partial charge on any atom is -0.337 e. The number of carbonyl (C=O) groups excluding carboxylic acids is 1. The van der Waals surface area contributed by atoms with E-state index in [1.807, 2.05) is 19.0 Å². The first kappa shape index (κ1) is 20.7. The summed E-state index contributed by atoms with van der Waals surface area (Å²) in [6.45, 7) is 1.31. The SMILES string of the molecule is CN(C)CCN(Cc1cccc(C(F)(F)F)c1)C(=O)C[C@@H]1CCC[C@H]1N. The number of amides is 1. The molecule has 0 unspecified atom stereocenters. The van der Waals surface area contributed by atoms with Gasteiger partial charge in [0.05, 0.1) is 5.56 Å². The number of hydrogen-bond acceptors (Lipinski definition) is 3. The maximum Gasteiger partial charge on any atom is 0.416 e. The first-order valence-electron chi connectivity index (χ1n) is 9.01. The standard InChI is InChI=1S/C19H28F3N3O/c1-24(2)9-10-25(18(26)12-15-6-4-8-17(15)23)13-14-5-3-7-16(11-14)19(20,21)22/h3,5,7,11,15,17H,4,6,8-10,12-13,23H2,1-2H3/t15-,17+/m0/s1. The van der Waals surface area contributed by atoms with Gasteiger partial charge in [-0.2, -0.15) is 13.2 Å². The Balaban J connectivity index is 2.10. The first-order valence-corrected chi connectivity index (χ1v) is 9.01. The van der Waals surface area contributed by atoms with Crippen LogP contribution in [0, 0.1) is 5.92 Å². The lowest BCUT2D eigenvalue weighted by molar-refractivity contribution is -0.137. The summed E-state index contributed by atoms with van der Waals surface area (Å²) in [6.07, 6.45) is -1.11. The van der Waals surface area contributed by atoms with Crippen molar-refractivity contribution in [1.29, 1.82) is 0 Å². The van der Waals surface area contributed by atoms with E-state index in [2.05, 4.69) is 0 Å². The first-order chi connectivity index (χ1) is 12.2. The summed E-state index contributed by atoms with van der Waals surface area (Å²) in [5.41, 5.74) is 5.87. The maximum absolute atomic E-state index is 12.9. The zero-order valence-corrected chi connectivity index (χ0v) is 15.4. The van der Waals surface area contributed by atoms with Crippen molar-refractivity contribution in [2.75, 3.05) is 27.2 Å². The third kappa shape index (κ3) is 5.99. The van der Waals surface area contributed by atoms with Crippen molar-refractivity contribution in [3.8, 4) is 0 Å². The van der Waals surface area contributed by atoms with Crippen molar-refractivity contribution in [2.24, 2.45) is 11.7 Å². The van der Waals surface area contributed by atoms with Crippen molar-refractivity contribution >= 4 is 5.91 Å². The number of hydrogen-bond donors (Lipinski definition) is 1. The number of rotatable bonds is 7. The van der Waals surface area contributed by atoms with Crippen LogP contribution in [0.3, 0.4) is 0 Å². The molecule has 0 heterocycles. The molecule has 1 saturated carbocycles. The minimum atomic E-state index is -4.38. The molecular formula is C19H28F3N3O. The van der Waals surface area contributed by atoms with E-state index in [9.17, 15) is 18.0 Å². The number of likely N-dealkylation sites (N-methyl/N-ethyl adjacent to an activating group) is 1. The number of carbonyl (C=O) groups is 1. The molecule has 0 spiro atoms. The topological polar surface area (TPSA) is 49.6 Å². The summed E-state index contributed by atoms with van der Waals surface area (Å²) in [6, 6.07) is 5.24. The molecule has 0 saturated heterocycles. The molecule has 1 fully saturated rings. The molecule has 1 aromatic rings. The Morgan fingerprint density at radius 3 is 2.54 bits per heavy atom. The second-order valence-electron chi connectivity index (χ2n) is 7.38. The summed E-state index contributed by atoms with van der Waals surface area (Å²) in [7, 11) is 3.81. The fourth-order valence-corrected chi connectivity index (χ4v) is 3.35. The van der Waals surface area contributed by atoms with Crippen LogP contribution >= 0.6 is 0 Å². The van der Waals surface area contributed by atoms with Crippen molar-refractivity contribution < 1.29 is 18.0 Å². The van der Waals surface area contributed by atoms with E-state index >= 15 is 0 Å². The Bertz CT molecular complexity index is 604. The van der Waals surface area contributed by atoms with Crippen LogP contribution in [0.15, 0.2) is 24.3 Å². The molecule has 1 aliphatic carbocycles. The predicted molar refractivity (Wildman–Crippen MR) is 95.3 cm³/mol. The molecule has 0 bridgehead atoms. The highest BCUT2D eigenvalue weighted by molar-refractivity contribution is 5.76. The van der Waals surface area contributed by atoms with Crippen LogP contribution in [0.1, 0.15) is 36.8 Å². The molecule has 1 aliphatic rings. The largest absolute Gasteiger partial charge is 0.416 e. The average molecular weight is 371 g/mol. The van der Waals surface area contributed by atoms with E-state index in [0.717, 1.165) is 31.4 Å². The second kappa shape index (κ2) is 8.86. The smallest absolute Gasteiger partial charge is 0.337 e. The molecule has 4 nitrogen and oxygen atoms in total. The summed E-state index contributed by atoms with van der Waals surface area (Å²) < 4.78 is 38.8. The molecular weight excluding hydrogens is 343 g/mol. The van der Waals surface area contributed by atoms with Gasteiger partial charge in [-0.1, -0.05) is 18.6 Å². The van der Waals surface area contributed by atoms with Gasteiger partial charge in [-0.25, -0.2) is 0 Å². The van der Waals surface area contributed by atoms with Crippen molar-refractivity contribution in [3.05, 3.63) is 35.4 Å². The van der Waals surface area contributed by atoms with Gasteiger partial charge >= 0.3 is 6.18 Å². The van der Waals surface area contributed by atoms with Gasteiger partial charge in [0.15, 0.2) is 0 Å². The van der Waals surface area contributed by atoms with Crippen LogP contribution in [-0.4, -0.2) is 48.9 Å². The van der Waals surface area contributed by atoms with E-state index in [4.69, 9.17) is 5.73 Å². The zero-order chi connectivity index (χ0) is 19.3. The highest BCUT2D eigenvalue weighted by atomic mass is 19.4. The highest BCUT2D eigenvalue weighted by Gasteiger charge is 2.31. The molecule has 2 atom stereocenters. The van der Waals surface area contributed by atoms with Crippen LogP contribution in [0.4, 0.5) is 13.2 Å². The highest BCUT2D eigenvalue weighted by Crippen LogP contribution is 2.30. The summed E-state index contributed by atoms with van der Waals surface area (Å²) in [5, 5.41) is 0. The molecule has 0 aliphatic heterocycles. The van der Waals surface area contributed by atoms with Gasteiger partial charge in [0.2, 0.25) is 5.91 Å². The van der Waals surface area contributed by atoms with E-state index < -0.39 is 11.7 Å². The Morgan fingerprint density at radius 2 is 1.96 bits per heavy atom. The molecule has 0 radical (unpaired) electrons. The maximum atomic E-state index is 12.9. The van der Waals surface area contributed by atoms with Crippen LogP contribution in [0.25, 0.3) is 0 Å². The van der Waals surface area contributed by atoms with Gasteiger partial charge in [0.1, 0.15) is 0 Å². The van der Waals surface area contributed by atoms with Crippen LogP contribution in [-0.2, 0) is 17.5 Å². The second-order valence-corrected chi connectivity index (χ2v) is 7.38. The molecule has 7 heteroatoms. The average Bonchev–Trinajstić information content (AvgIpc) is 2.95. The molecule has 146 valence electrons. The monoisotopic (exact) mass is 371 g/mol. The van der Waals surface area contributed by atoms with Gasteiger partial charge in [-0.3, -0.25) is 4.79 Å². The zero-order valence-electron chi connectivity index (χ0n) is 15.4. The Labute approximate surface area is 153 Å². The van der Waals surface area contributed by atoms with Gasteiger partial charge in [-0.15, -0.1) is 0 Å². The third-order valence-corrected chi connectivity index (χ3v) is 4.95. The van der Waals surface area contributed by atoms with Gasteiger partial charge in [-0.05, 0) is 50.6 Å². The molecule has 2 N–H and O–H groups in total. The fourth-order valence-electron chi connectivity index (χ4n) is 3.35. The summed E-state index contributed by atoms with van der Waals surface area (Å²) in [5.74, 6) is 0.137. The van der Waals surface area contributed by atoms with Crippen LogP contribution in [0.2, 0.25) is 0 Å².